The maximum Gasteiger partial charge on any atom is 0.411 e. The molecular weight excluding hydrogens is 789 g/mol. The molecule has 0 saturated carbocycles. The number of aliphatic imine (C=N–C) groups is 1. The van der Waals surface area contributed by atoms with E-state index in [2.05, 4.69) is 36.6 Å². The van der Waals surface area contributed by atoms with Gasteiger partial charge in [-0.3, -0.25) is 5.32 Å². The van der Waals surface area contributed by atoms with E-state index in [1.54, 1.807) is 49.5 Å². The predicted octanol–water partition coefficient (Wildman–Crippen LogP) is 7.80. The van der Waals surface area contributed by atoms with Gasteiger partial charge in [0.15, 0.2) is 0 Å². The molecule has 0 spiro atoms. The van der Waals surface area contributed by atoms with Crippen molar-refractivity contribution in [3.05, 3.63) is 97.1 Å². The topological polar surface area (TPSA) is 193 Å². The van der Waals surface area contributed by atoms with Crippen molar-refractivity contribution in [3.8, 4) is 0 Å². The molecule has 2 aromatic rings. The van der Waals surface area contributed by atoms with Crippen LogP contribution in [-0.4, -0.2) is 93.3 Å². The molecule has 316 valence electrons. The fourth-order valence-electron chi connectivity index (χ4n) is 3.54. The zero-order valence-corrected chi connectivity index (χ0v) is 36.0. The molecule has 14 nitrogen and oxygen atoms in total. The first-order chi connectivity index (χ1) is 27.1. The number of isocyanates is 1. The average Bonchev–Trinajstić information content (AvgIpc) is 3.20. The lowest BCUT2D eigenvalue weighted by atomic mass is 9.94. The molecule has 2 aromatic carbocycles. The number of ether oxygens (including phenoxy) is 5. The van der Waals surface area contributed by atoms with Gasteiger partial charge in [0.05, 0.1) is 23.1 Å². The van der Waals surface area contributed by atoms with Crippen molar-refractivity contribution in [2.75, 3.05) is 57.5 Å². The standard InChI is InChI=1S/C21H27NO6S.C13H20O5.C8H7NOS/c1-14(2)18(23)26-11-21(5,12-27-19(24)15(3)4)13-28-20(25)22-16-8-7-9-17(10-16)29-6;1-9(2)11(15)17-7-13(5,6-14)8-18-12(16)10(3)4;1-11-8-4-2-3-7(5-8)9-6-10/h7-10H,1,3,11-13H2,2,4-6H3,(H,22,25);14H,1,3,6-8H2,2,4-5H3;2-5H,1H3. The van der Waals surface area contributed by atoms with E-state index in [0.29, 0.717) is 11.4 Å². The minimum atomic E-state index is -0.950. The number of hydrogen-bond donors (Lipinski definition) is 2. The van der Waals surface area contributed by atoms with Gasteiger partial charge in [0, 0.05) is 37.8 Å². The van der Waals surface area contributed by atoms with Gasteiger partial charge in [0.2, 0.25) is 6.08 Å². The Balaban J connectivity index is 0.000000946. The fourth-order valence-corrected chi connectivity index (χ4v) is 4.45. The summed E-state index contributed by atoms with van der Waals surface area (Å²) in [5, 5.41) is 11.9. The Morgan fingerprint density at radius 1 is 0.655 bits per heavy atom. The minimum absolute atomic E-state index is 0.0569. The first kappa shape index (κ1) is 52.6. The number of anilines is 1. The number of thioether (sulfide) groups is 2. The lowest BCUT2D eigenvalue weighted by Crippen LogP contribution is -2.37. The summed E-state index contributed by atoms with van der Waals surface area (Å²) in [5.41, 5.74) is 0.476. The maximum atomic E-state index is 12.2. The van der Waals surface area contributed by atoms with E-state index in [1.807, 2.05) is 48.9 Å². The number of amides is 1. The molecule has 0 aromatic heterocycles. The molecule has 58 heavy (non-hydrogen) atoms. The molecule has 2 N–H and O–H groups in total. The zero-order chi connectivity index (χ0) is 44.5. The molecule has 0 fully saturated rings. The zero-order valence-electron chi connectivity index (χ0n) is 34.4. The van der Waals surface area contributed by atoms with Gasteiger partial charge in [-0.05, 0) is 83.5 Å². The van der Waals surface area contributed by atoms with Crippen molar-refractivity contribution < 1.29 is 57.6 Å². The number of esters is 4. The van der Waals surface area contributed by atoms with Crippen LogP contribution in [0.4, 0.5) is 16.2 Å². The van der Waals surface area contributed by atoms with E-state index >= 15 is 0 Å². The predicted molar refractivity (Wildman–Crippen MR) is 226 cm³/mol. The van der Waals surface area contributed by atoms with Gasteiger partial charge in [-0.15, -0.1) is 23.5 Å². The van der Waals surface area contributed by atoms with Crippen LogP contribution in [0, 0.1) is 10.8 Å². The lowest BCUT2D eigenvalue weighted by molar-refractivity contribution is -0.152. The van der Waals surface area contributed by atoms with Crippen LogP contribution in [0.5, 0.6) is 0 Å². The first-order valence-corrected chi connectivity index (χ1v) is 19.8. The quantitative estimate of drug-likeness (QED) is 0.0347. The van der Waals surface area contributed by atoms with E-state index in [1.165, 1.54) is 33.8 Å². The normalized spacial score (nSPS) is 10.3. The van der Waals surface area contributed by atoms with Gasteiger partial charge >= 0.3 is 30.0 Å². The van der Waals surface area contributed by atoms with E-state index < -0.39 is 40.8 Å². The second-order valence-electron chi connectivity index (χ2n) is 13.5. The third kappa shape index (κ3) is 22.4. The highest BCUT2D eigenvalue weighted by Crippen LogP contribution is 2.23. The fraction of sp³-hybridized carbons (Fsp3) is 0.381. The van der Waals surface area contributed by atoms with Crippen LogP contribution in [0.1, 0.15) is 41.5 Å². The molecule has 0 saturated heterocycles. The van der Waals surface area contributed by atoms with Crippen LogP contribution < -0.4 is 5.32 Å². The molecule has 2 rings (SSSR count). The Morgan fingerprint density at radius 2 is 1.03 bits per heavy atom. The Kier molecular flexibility index (Phi) is 24.7. The third-order valence-corrected chi connectivity index (χ3v) is 8.53. The first-order valence-electron chi connectivity index (χ1n) is 17.4. The van der Waals surface area contributed by atoms with Gasteiger partial charge in [0.25, 0.3) is 0 Å². The molecule has 0 aliphatic heterocycles. The summed E-state index contributed by atoms with van der Waals surface area (Å²) in [6.07, 6.45) is 4.73. The average molecular weight is 843 g/mol. The van der Waals surface area contributed by atoms with E-state index in [9.17, 15) is 33.9 Å². The molecule has 1 amide bonds. The van der Waals surface area contributed by atoms with Crippen molar-refractivity contribution in [3.63, 3.8) is 0 Å². The molecule has 0 aliphatic rings. The van der Waals surface area contributed by atoms with Crippen molar-refractivity contribution in [1.82, 2.24) is 0 Å². The van der Waals surface area contributed by atoms with Gasteiger partial charge in [-0.1, -0.05) is 45.4 Å². The minimum Gasteiger partial charge on any atom is -0.462 e. The maximum absolute atomic E-state index is 12.2. The van der Waals surface area contributed by atoms with Crippen molar-refractivity contribution >= 4 is 70.9 Å². The highest BCUT2D eigenvalue weighted by Gasteiger charge is 2.31. The largest absolute Gasteiger partial charge is 0.462 e. The Labute approximate surface area is 349 Å². The summed E-state index contributed by atoms with van der Waals surface area (Å²) in [4.78, 5) is 73.5. The summed E-state index contributed by atoms with van der Waals surface area (Å²) in [6.45, 7) is 22.6. The number of aliphatic hydroxyl groups excluding tert-OH is 1. The van der Waals surface area contributed by atoms with E-state index in [-0.39, 0.29) is 61.9 Å². The highest BCUT2D eigenvalue weighted by atomic mass is 32.2. The Bertz CT molecular complexity index is 1780. The molecule has 16 heteroatoms. The van der Waals surface area contributed by atoms with Gasteiger partial charge in [-0.2, -0.15) is 4.99 Å². The van der Waals surface area contributed by atoms with Crippen LogP contribution in [-0.2, 0) is 47.7 Å². The third-order valence-electron chi connectivity index (χ3n) is 7.08. The van der Waals surface area contributed by atoms with Gasteiger partial charge in [0.1, 0.15) is 33.0 Å². The Hall–Kier alpha value is -5.41. The number of nitrogens with one attached hydrogen (secondary N) is 1. The summed E-state index contributed by atoms with van der Waals surface area (Å²) in [5.74, 6) is -2.25. The monoisotopic (exact) mass is 842 g/mol. The number of carbonyl (C=O) groups excluding carboxylic acids is 6. The van der Waals surface area contributed by atoms with Crippen molar-refractivity contribution in [2.45, 2.75) is 51.3 Å². The van der Waals surface area contributed by atoms with Crippen molar-refractivity contribution in [1.29, 1.82) is 0 Å². The van der Waals surface area contributed by atoms with E-state index in [0.717, 1.165) is 9.79 Å². The molecule has 0 aliphatic carbocycles. The number of aliphatic hydroxyl groups is 1. The van der Waals surface area contributed by atoms with Gasteiger partial charge in [-0.25, -0.2) is 28.8 Å². The number of rotatable bonds is 19. The summed E-state index contributed by atoms with van der Waals surface area (Å²) in [7, 11) is 0. The van der Waals surface area contributed by atoms with Crippen LogP contribution in [0.25, 0.3) is 0 Å². The second-order valence-corrected chi connectivity index (χ2v) is 15.3. The van der Waals surface area contributed by atoms with Crippen molar-refractivity contribution in [2.24, 2.45) is 15.8 Å². The molecular formula is C42H54N2O12S2. The van der Waals surface area contributed by atoms with Crippen LogP contribution in [0.2, 0.25) is 0 Å². The summed E-state index contributed by atoms with van der Waals surface area (Å²) < 4.78 is 25.5. The number of carbonyl (C=O) groups is 5. The second kappa shape index (κ2) is 27.3. The van der Waals surface area contributed by atoms with Crippen LogP contribution >= 0.6 is 23.5 Å². The smallest absolute Gasteiger partial charge is 0.411 e. The summed E-state index contributed by atoms with van der Waals surface area (Å²) >= 11 is 3.17. The summed E-state index contributed by atoms with van der Waals surface area (Å²) in [6, 6.07) is 14.7. The Morgan fingerprint density at radius 3 is 1.41 bits per heavy atom. The van der Waals surface area contributed by atoms with Gasteiger partial charge < -0.3 is 28.8 Å². The molecule has 0 atom stereocenters. The number of benzene rings is 2. The number of hydrogen-bond acceptors (Lipinski definition) is 15. The van der Waals surface area contributed by atoms with Crippen LogP contribution in [0.15, 0.2) is 112 Å². The molecule has 0 heterocycles. The van der Waals surface area contributed by atoms with E-state index in [4.69, 9.17) is 23.7 Å². The molecule has 0 bridgehead atoms. The number of nitrogens with zero attached hydrogens (tertiary/aromatic N) is 1. The molecule has 0 radical (unpaired) electrons. The highest BCUT2D eigenvalue weighted by molar-refractivity contribution is 7.98. The molecule has 0 unspecified atom stereocenters. The van der Waals surface area contributed by atoms with Crippen LogP contribution in [0.3, 0.4) is 0 Å². The lowest BCUT2D eigenvalue weighted by Gasteiger charge is -2.28. The SMILES string of the molecule is C=C(C)C(=O)OCC(C)(CO)COC(=O)C(=C)C.C=C(C)C(=O)OCC(C)(COC(=O)Nc1cccc(SC)c1)COC(=O)C(=C)C.CSc1cccc(N=C=O)c1.